The third-order valence-electron chi connectivity index (χ3n) is 4.02. The van der Waals surface area contributed by atoms with E-state index in [0.29, 0.717) is 23.4 Å². The molecule has 0 N–H and O–H groups in total. The van der Waals surface area contributed by atoms with E-state index in [0.717, 1.165) is 5.56 Å². The molecule has 0 bridgehead atoms. The van der Waals surface area contributed by atoms with Crippen LogP contribution >= 0.6 is 0 Å². The molecule has 0 amide bonds. The third-order valence-corrected chi connectivity index (χ3v) is 4.02. The molecule has 0 radical (unpaired) electrons. The molecular formula is C17H18N6O3. The van der Waals surface area contributed by atoms with E-state index in [2.05, 4.69) is 21.3 Å². The lowest BCUT2D eigenvalue weighted by Crippen LogP contribution is -2.15. The van der Waals surface area contributed by atoms with Crippen LogP contribution in [0.5, 0.6) is 5.88 Å². The fourth-order valence-electron chi connectivity index (χ4n) is 2.91. The van der Waals surface area contributed by atoms with E-state index < -0.39 is 5.92 Å². The molecule has 3 heterocycles. The Hall–Kier alpha value is -3.41. The van der Waals surface area contributed by atoms with Gasteiger partial charge in [-0.3, -0.25) is 9.48 Å². The van der Waals surface area contributed by atoms with Gasteiger partial charge in [0.05, 0.1) is 30.0 Å². The van der Waals surface area contributed by atoms with Gasteiger partial charge in [0.1, 0.15) is 11.6 Å². The van der Waals surface area contributed by atoms with E-state index in [-0.39, 0.29) is 17.7 Å². The second kappa shape index (κ2) is 6.84. The summed E-state index contributed by atoms with van der Waals surface area (Å²) in [6.45, 7) is 5.44. The number of hydrogen-bond acceptors (Lipinski definition) is 7. The molecule has 0 fully saturated rings. The Morgan fingerprint density at radius 2 is 2.35 bits per heavy atom. The van der Waals surface area contributed by atoms with E-state index in [4.69, 9.17) is 9.47 Å². The molecule has 0 spiro atoms. The van der Waals surface area contributed by atoms with Crippen molar-refractivity contribution in [2.45, 2.75) is 26.7 Å². The number of fused-ring (bicyclic) bond motifs is 1. The first-order chi connectivity index (χ1) is 12.5. The molecule has 1 aliphatic heterocycles. The average molecular weight is 354 g/mol. The smallest absolute Gasteiger partial charge is 0.245 e. The Morgan fingerprint density at radius 1 is 1.58 bits per heavy atom. The third kappa shape index (κ3) is 2.86. The minimum Gasteiger partial charge on any atom is -0.483 e. The highest BCUT2D eigenvalue weighted by molar-refractivity contribution is 5.77. The summed E-state index contributed by atoms with van der Waals surface area (Å²) in [5, 5.41) is 18.2. The van der Waals surface area contributed by atoms with Gasteiger partial charge in [-0.05, 0) is 13.8 Å². The Labute approximate surface area is 150 Å². The summed E-state index contributed by atoms with van der Waals surface area (Å²) in [5.74, 6) is -0.396. The molecule has 0 aromatic carbocycles. The predicted octanol–water partition coefficient (Wildman–Crippen LogP) is 1.91. The van der Waals surface area contributed by atoms with Crippen molar-refractivity contribution < 1.29 is 14.3 Å². The van der Waals surface area contributed by atoms with Crippen LogP contribution in [0.25, 0.3) is 0 Å². The van der Waals surface area contributed by atoms with Gasteiger partial charge >= 0.3 is 0 Å². The van der Waals surface area contributed by atoms with Crippen molar-refractivity contribution in [1.29, 1.82) is 5.26 Å². The lowest BCUT2D eigenvalue weighted by molar-refractivity contribution is 0.0917. The molecule has 1 atom stereocenters. The number of hydrogen-bond donors (Lipinski definition) is 0. The van der Waals surface area contributed by atoms with Gasteiger partial charge in [0.2, 0.25) is 17.7 Å². The Kier molecular flexibility index (Phi) is 4.58. The SMILES string of the molecule is CCOC=NC1=C(C#N)[C@H](c2cnn(C)c2)c2c(nn(C(C)=O)c2C)O1. The van der Waals surface area contributed by atoms with Crippen LogP contribution in [0.3, 0.4) is 0 Å². The van der Waals surface area contributed by atoms with Crippen molar-refractivity contribution in [2.24, 2.45) is 12.0 Å². The predicted molar refractivity (Wildman–Crippen MR) is 91.7 cm³/mol. The number of carbonyl (C=O) groups is 1. The van der Waals surface area contributed by atoms with Gasteiger partial charge in [-0.25, -0.2) is 4.68 Å². The van der Waals surface area contributed by atoms with E-state index in [1.165, 1.54) is 18.0 Å². The van der Waals surface area contributed by atoms with Crippen LogP contribution in [-0.2, 0) is 11.8 Å². The molecule has 0 unspecified atom stereocenters. The van der Waals surface area contributed by atoms with Crippen LogP contribution in [0.15, 0.2) is 28.8 Å². The molecule has 2 aromatic rings. The zero-order valence-electron chi connectivity index (χ0n) is 14.9. The first-order valence-electron chi connectivity index (χ1n) is 8.03. The Morgan fingerprint density at radius 3 is 2.92 bits per heavy atom. The average Bonchev–Trinajstić information content (AvgIpc) is 3.17. The van der Waals surface area contributed by atoms with Crippen LogP contribution < -0.4 is 4.74 Å². The maximum Gasteiger partial charge on any atom is 0.245 e. The van der Waals surface area contributed by atoms with Gasteiger partial charge in [-0.15, -0.1) is 5.10 Å². The number of rotatable bonds is 4. The number of nitrogens with zero attached hydrogens (tertiary/aromatic N) is 6. The summed E-state index contributed by atoms with van der Waals surface area (Å²) >= 11 is 0. The Bertz CT molecular complexity index is 960. The summed E-state index contributed by atoms with van der Waals surface area (Å²) in [4.78, 5) is 16.0. The van der Waals surface area contributed by atoms with Crippen LogP contribution in [0.4, 0.5) is 0 Å². The highest BCUT2D eigenvalue weighted by Crippen LogP contribution is 2.44. The normalized spacial score (nSPS) is 16.3. The maximum absolute atomic E-state index is 11.9. The largest absolute Gasteiger partial charge is 0.483 e. The highest BCUT2D eigenvalue weighted by Gasteiger charge is 2.37. The number of carbonyl (C=O) groups excluding carboxylic acids is 1. The summed E-state index contributed by atoms with van der Waals surface area (Å²) < 4.78 is 13.7. The zero-order chi connectivity index (χ0) is 18.8. The second-order valence-corrected chi connectivity index (χ2v) is 5.74. The topological polar surface area (TPSA) is 107 Å². The lowest BCUT2D eigenvalue weighted by atomic mass is 9.86. The standard InChI is InChI=1S/C17H18N6O3/c1-5-25-9-19-16-13(6-18)15(12-7-20-22(4)8-12)14-10(2)23(11(3)24)21-17(14)26-16/h7-9,15H,5H2,1-4H3/t15-/m0/s1. The van der Waals surface area contributed by atoms with Crippen molar-refractivity contribution in [1.82, 2.24) is 19.6 Å². The van der Waals surface area contributed by atoms with Crippen molar-refractivity contribution in [2.75, 3.05) is 6.61 Å². The number of aromatic nitrogens is 4. The molecule has 3 rings (SSSR count). The van der Waals surface area contributed by atoms with E-state index in [1.54, 1.807) is 24.9 Å². The first-order valence-corrected chi connectivity index (χ1v) is 8.03. The molecule has 0 saturated heterocycles. The summed E-state index contributed by atoms with van der Waals surface area (Å²) in [6, 6.07) is 2.17. The van der Waals surface area contributed by atoms with Crippen LogP contribution in [0.1, 0.15) is 41.4 Å². The maximum atomic E-state index is 11.9. The van der Waals surface area contributed by atoms with Crippen LogP contribution in [0.2, 0.25) is 0 Å². The molecule has 0 saturated carbocycles. The first kappa shape index (κ1) is 17.4. The van der Waals surface area contributed by atoms with E-state index in [1.807, 2.05) is 13.1 Å². The molecule has 26 heavy (non-hydrogen) atoms. The van der Waals surface area contributed by atoms with Gasteiger partial charge in [0, 0.05) is 25.7 Å². The fourth-order valence-corrected chi connectivity index (χ4v) is 2.91. The zero-order valence-corrected chi connectivity index (χ0v) is 14.9. The quantitative estimate of drug-likeness (QED) is 0.613. The number of aliphatic imine (C=N–C) groups is 1. The number of aryl methyl sites for hydroxylation is 1. The summed E-state index contributed by atoms with van der Waals surface area (Å²) in [5.41, 5.74) is 2.35. The van der Waals surface area contributed by atoms with Gasteiger partial charge in [-0.2, -0.15) is 15.4 Å². The van der Waals surface area contributed by atoms with Gasteiger partial charge in [-0.1, -0.05) is 0 Å². The monoisotopic (exact) mass is 354 g/mol. The van der Waals surface area contributed by atoms with Gasteiger partial charge in [0.25, 0.3) is 0 Å². The lowest BCUT2D eigenvalue weighted by Gasteiger charge is -2.22. The van der Waals surface area contributed by atoms with Crippen LogP contribution in [0, 0.1) is 18.3 Å². The van der Waals surface area contributed by atoms with E-state index >= 15 is 0 Å². The van der Waals surface area contributed by atoms with Crippen molar-refractivity contribution in [3.8, 4) is 11.9 Å². The highest BCUT2D eigenvalue weighted by atomic mass is 16.5. The molecule has 9 nitrogen and oxygen atoms in total. The molecule has 0 aliphatic carbocycles. The minimum atomic E-state index is -0.487. The number of nitriles is 1. The second-order valence-electron chi connectivity index (χ2n) is 5.74. The molecule has 1 aliphatic rings. The van der Waals surface area contributed by atoms with Gasteiger partial charge in [0.15, 0.2) is 6.40 Å². The van der Waals surface area contributed by atoms with Crippen molar-refractivity contribution in [3.63, 3.8) is 0 Å². The minimum absolute atomic E-state index is 0.0931. The molecular weight excluding hydrogens is 336 g/mol. The van der Waals surface area contributed by atoms with Crippen LogP contribution in [-0.4, -0.2) is 38.5 Å². The van der Waals surface area contributed by atoms with E-state index in [9.17, 15) is 10.1 Å². The molecule has 2 aromatic heterocycles. The number of ether oxygens (including phenoxy) is 2. The summed E-state index contributed by atoms with van der Waals surface area (Å²) in [6.07, 6.45) is 4.71. The molecule has 134 valence electrons. The Balaban J connectivity index is 2.22. The van der Waals surface area contributed by atoms with Gasteiger partial charge < -0.3 is 9.47 Å². The van der Waals surface area contributed by atoms with Crippen molar-refractivity contribution >= 4 is 12.3 Å². The number of allylic oxidation sites excluding steroid dienone is 1. The summed E-state index contributed by atoms with van der Waals surface area (Å²) in [7, 11) is 1.79. The fraction of sp³-hybridized carbons (Fsp3) is 0.353. The van der Waals surface area contributed by atoms with Crippen molar-refractivity contribution in [3.05, 3.63) is 40.7 Å². The molecule has 9 heteroatoms.